The van der Waals surface area contributed by atoms with Crippen molar-refractivity contribution in [2.75, 3.05) is 13.6 Å². The summed E-state index contributed by atoms with van der Waals surface area (Å²) in [5.41, 5.74) is 3.43. The average Bonchev–Trinajstić information content (AvgIpc) is 3.18. The first-order valence-electron chi connectivity index (χ1n) is 8.41. The molecular weight excluding hydrogens is 460 g/mol. The number of carboxylic acids is 1. The van der Waals surface area contributed by atoms with Crippen molar-refractivity contribution >= 4 is 45.3 Å². The van der Waals surface area contributed by atoms with Gasteiger partial charge < -0.3 is 9.67 Å². The summed E-state index contributed by atoms with van der Waals surface area (Å²) in [5.74, 6) is -1.28. The lowest BCUT2D eigenvalue weighted by atomic mass is 10.0. The highest BCUT2D eigenvalue weighted by Gasteiger charge is 2.19. The largest absolute Gasteiger partial charge is 0.478 e. The van der Waals surface area contributed by atoms with Crippen LogP contribution in [-0.2, 0) is 6.54 Å². The molecular formula is C20H17FIN3O2. The summed E-state index contributed by atoms with van der Waals surface area (Å²) >= 11 is 2.18. The zero-order valence-electron chi connectivity index (χ0n) is 14.6. The molecule has 0 atom stereocenters. The number of hydrazine groups is 1. The summed E-state index contributed by atoms with van der Waals surface area (Å²) in [6, 6.07) is 12.5. The van der Waals surface area contributed by atoms with Crippen molar-refractivity contribution in [1.29, 1.82) is 0 Å². The van der Waals surface area contributed by atoms with Crippen molar-refractivity contribution in [2.24, 2.45) is 0 Å². The van der Waals surface area contributed by atoms with Crippen molar-refractivity contribution in [3.8, 4) is 0 Å². The summed E-state index contributed by atoms with van der Waals surface area (Å²) in [5, 5.41) is 12.1. The van der Waals surface area contributed by atoms with Crippen LogP contribution in [0.25, 0.3) is 16.5 Å². The van der Waals surface area contributed by atoms with Gasteiger partial charge in [0.05, 0.1) is 35.0 Å². The Morgan fingerprint density at radius 2 is 2.04 bits per heavy atom. The third kappa shape index (κ3) is 3.32. The molecule has 1 N–H and O–H groups in total. The van der Waals surface area contributed by atoms with Gasteiger partial charge in [-0.1, -0.05) is 30.3 Å². The van der Waals surface area contributed by atoms with Crippen LogP contribution in [0.4, 0.5) is 4.39 Å². The number of carbonyl (C=O) groups is 1. The van der Waals surface area contributed by atoms with E-state index in [1.54, 1.807) is 35.0 Å². The van der Waals surface area contributed by atoms with Crippen LogP contribution in [0, 0.1) is 5.82 Å². The van der Waals surface area contributed by atoms with Gasteiger partial charge in [-0.2, -0.15) is 0 Å². The van der Waals surface area contributed by atoms with E-state index in [-0.39, 0.29) is 17.9 Å². The highest BCUT2D eigenvalue weighted by molar-refractivity contribution is 14.1. The Bertz CT molecular complexity index is 1080. The number of likely N-dealkylation sites (N-methyl/N-ethyl adjacent to an activating group) is 1. The van der Waals surface area contributed by atoms with Gasteiger partial charge in [0, 0.05) is 42.5 Å². The zero-order chi connectivity index (χ0) is 19.1. The molecule has 27 heavy (non-hydrogen) atoms. The lowest BCUT2D eigenvalue weighted by Crippen LogP contribution is -2.22. The highest BCUT2D eigenvalue weighted by Crippen LogP contribution is 2.28. The normalized spacial score (nSPS) is 14.8. The van der Waals surface area contributed by atoms with Crippen molar-refractivity contribution < 1.29 is 14.3 Å². The maximum absolute atomic E-state index is 14.8. The molecule has 0 saturated carbocycles. The Morgan fingerprint density at radius 3 is 2.70 bits per heavy atom. The number of rotatable bonds is 4. The molecule has 0 aliphatic carbocycles. The molecule has 0 unspecified atom stereocenters. The quantitative estimate of drug-likeness (QED) is 0.448. The summed E-state index contributed by atoms with van der Waals surface area (Å²) < 4.78 is 18.5. The van der Waals surface area contributed by atoms with Gasteiger partial charge in [-0.25, -0.2) is 14.2 Å². The van der Waals surface area contributed by atoms with Gasteiger partial charge in [0.2, 0.25) is 0 Å². The van der Waals surface area contributed by atoms with E-state index in [9.17, 15) is 14.3 Å². The molecule has 5 nitrogen and oxygen atoms in total. The molecule has 138 valence electrons. The first-order chi connectivity index (χ1) is 12.9. The number of halogens is 2. The number of nitrogens with zero attached hydrogens (tertiary/aromatic N) is 3. The molecule has 2 heterocycles. The summed E-state index contributed by atoms with van der Waals surface area (Å²) in [6.45, 7) is 1.00. The second kappa shape index (κ2) is 6.97. The van der Waals surface area contributed by atoms with Gasteiger partial charge in [0.15, 0.2) is 0 Å². The van der Waals surface area contributed by atoms with E-state index in [4.69, 9.17) is 0 Å². The summed E-state index contributed by atoms with van der Waals surface area (Å²) in [4.78, 5) is 11.5. The average molecular weight is 477 g/mol. The second-order valence-electron chi connectivity index (χ2n) is 6.56. The Hall–Kier alpha value is -2.39. The third-order valence-corrected chi connectivity index (χ3v) is 5.79. The van der Waals surface area contributed by atoms with Gasteiger partial charge in [-0.05, 0) is 23.3 Å². The maximum Gasteiger partial charge on any atom is 0.337 e. The molecule has 7 heteroatoms. The Labute approximate surface area is 169 Å². The maximum atomic E-state index is 14.8. The minimum atomic E-state index is -0.985. The van der Waals surface area contributed by atoms with Gasteiger partial charge in [0.25, 0.3) is 0 Å². The van der Waals surface area contributed by atoms with Crippen molar-refractivity contribution in [3.05, 3.63) is 77.4 Å². The van der Waals surface area contributed by atoms with E-state index in [0.717, 1.165) is 23.2 Å². The fourth-order valence-electron chi connectivity index (χ4n) is 3.35. The fraction of sp³-hybridized carbons (Fsp3) is 0.150. The van der Waals surface area contributed by atoms with Crippen molar-refractivity contribution in [2.45, 2.75) is 6.54 Å². The first-order valence-corrected chi connectivity index (χ1v) is 9.37. The van der Waals surface area contributed by atoms with Gasteiger partial charge in [-0.15, -0.1) is 0 Å². The number of hydrogen-bond donors (Lipinski definition) is 1. The monoisotopic (exact) mass is 477 g/mol. The number of fused-ring (bicyclic) bond motifs is 1. The molecule has 0 fully saturated rings. The number of benzene rings is 2. The predicted molar refractivity (Wildman–Crippen MR) is 111 cm³/mol. The van der Waals surface area contributed by atoms with E-state index in [2.05, 4.69) is 22.9 Å². The molecule has 4 rings (SSSR count). The summed E-state index contributed by atoms with van der Waals surface area (Å²) in [7, 11) is 1.97. The lowest BCUT2D eigenvalue weighted by molar-refractivity contribution is 0.0699. The number of para-hydroxylation sites is 1. The zero-order valence-corrected chi connectivity index (χ0v) is 16.7. The van der Waals surface area contributed by atoms with E-state index in [0.29, 0.717) is 10.9 Å². The minimum Gasteiger partial charge on any atom is -0.478 e. The van der Waals surface area contributed by atoms with Crippen molar-refractivity contribution in [3.63, 3.8) is 0 Å². The van der Waals surface area contributed by atoms with Gasteiger partial charge in [0.1, 0.15) is 5.82 Å². The van der Waals surface area contributed by atoms with Crippen LogP contribution in [0.2, 0.25) is 0 Å². The molecule has 2 aromatic carbocycles. The molecule has 0 saturated heterocycles. The van der Waals surface area contributed by atoms with Crippen LogP contribution in [0.1, 0.15) is 21.5 Å². The van der Waals surface area contributed by atoms with Crippen molar-refractivity contribution in [1.82, 2.24) is 12.8 Å². The molecule has 0 spiro atoms. The Morgan fingerprint density at radius 1 is 1.26 bits per heavy atom. The number of aromatic nitrogens is 1. The lowest BCUT2D eigenvalue weighted by Gasteiger charge is -2.16. The molecule has 1 aliphatic rings. The minimum absolute atomic E-state index is 0.226. The smallest absolute Gasteiger partial charge is 0.337 e. The van der Waals surface area contributed by atoms with Crippen LogP contribution in [0.3, 0.4) is 0 Å². The molecule has 0 bridgehead atoms. The van der Waals surface area contributed by atoms with E-state index in [1.165, 1.54) is 0 Å². The van der Waals surface area contributed by atoms with Crippen LogP contribution in [-0.4, -0.2) is 37.5 Å². The highest BCUT2D eigenvalue weighted by atomic mass is 127. The molecule has 1 aromatic heterocycles. The second-order valence-corrected chi connectivity index (χ2v) is 7.55. The fourth-order valence-corrected chi connectivity index (χ4v) is 3.84. The van der Waals surface area contributed by atoms with Gasteiger partial charge in [-0.3, -0.25) is 3.22 Å². The van der Waals surface area contributed by atoms with E-state index in [1.807, 2.05) is 39.7 Å². The van der Waals surface area contributed by atoms with Crippen LogP contribution < -0.4 is 0 Å². The van der Waals surface area contributed by atoms with Crippen LogP contribution >= 0.6 is 22.9 Å². The number of aromatic carboxylic acids is 1. The number of carboxylic acid groups (broad SMARTS) is 1. The van der Waals surface area contributed by atoms with Gasteiger partial charge >= 0.3 is 5.97 Å². The van der Waals surface area contributed by atoms with E-state index < -0.39 is 5.97 Å². The SMILES string of the molecule is CN1CC(c2ccc(Cn3cc(C(=O)O)c4ccccc43)c(F)c2)=CN1I. The molecule has 3 aromatic rings. The molecule has 0 amide bonds. The first kappa shape index (κ1) is 18.0. The Balaban J connectivity index is 1.67. The third-order valence-electron chi connectivity index (χ3n) is 4.77. The molecule has 1 aliphatic heterocycles. The van der Waals surface area contributed by atoms with E-state index >= 15 is 0 Å². The topological polar surface area (TPSA) is 48.7 Å². The predicted octanol–water partition coefficient (Wildman–Crippen LogP) is 4.38. The summed E-state index contributed by atoms with van der Waals surface area (Å²) in [6.07, 6.45) is 3.55. The van der Waals surface area contributed by atoms with Crippen LogP contribution in [0.15, 0.2) is 54.9 Å². The number of hydrogen-bond acceptors (Lipinski definition) is 3. The standard InChI is InChI=1S/C20H17FIN3O2/c1-23-9-15(11-25(23)22)13-6-7-14(18(21)8-13)10-24-12-17(20(26)27)16-4-2-3-5-19(16)24/h2-8,11-12H,9-10H2,1H3,(H,26,27). The molecule has 0 radical (unpaired) electrons. The Kier molecular flexibility index (Phi) is 4.65. The van der Waals surface area contributed by atoms with Crippen LogP contribution in [0.5, 0.6) is 0 Å².